The summed E-state index contributed by atoms with van der Waals surface area (Å²) in [6.45, 7) is 3.97. The molecule has 3 N–H and O–H groups in total. The summed E-state index contributed by atoms with van der Waals surface area (Å²) in [6, 6.07) is 12.5. The van der Waals surface area contributed by atoms with Gasteiger partial charge in [-0.2, -0.15) is 0 Å². The van der Waals surface area contributed by atoms with E-state index in [1.807, 2.05) is 24.3 Å². The number of rotatable bonds is 6. The van der Waals surface area contributed by atoms with Crippen molar-refractivity contribution in [3.05, 3.63) is 60.2 Å². The lowest BCUT2D eigenvalue weighted by Gasteiger charge is -2.22. The number of ether oxygens (including phenoxy) is 2. The number of benzene rings is 2. The van der Waals surface area contributed by atoms with E-state index >= 15 is 0 Å². The minimum absolute atomic E-state index is 0.0919. The fourth-order valence-corrected chi connectivity index (χ4v) is 2.60. The molecule has 23 heavy (non-hydrogen) atoms. The Kier molecular flexibility index (Phi) is 4.39. The zero-order valence-corrected chi connectivity index (χ0v) is 12.7. The molecule has 1 aliphatic heterocycles. The van der Waals surface area contributed by atoms with Crippen molar-refractivity contribution in [2.24, 2.45) is 0 Å². The first-order valence-electron chi connectivity index (χ1n) is 7.39. The van der Waals surface area contributed by atoms with E-state index in [-0.39, 0.29) is 25.2 Å². The molecule has 0 saturated heterocycles. The van der Waals surface area contributed by atoms with E-state index in [1.165, 1.54) is 0 Å². The van der Waals surface area contributed by atoms with E-state index in [4.69, 9.17) is 9.47 Å². The molecule has 120 valence electrons. The number of aliphatic hydroxyl groups is 1. The van der Waals surface area contributed by atoms with E-state index in [0.717, 1.165) is 5.56 Å². The number of phenolic OH excluding ortho intramolecular Hbond substituents is 1. The van der Waals surface area contributed by atoms with Gasteiger partial charge in [0.25, 0.3) is 0 Å². The van der Waals surface area contributed by atoms with Gasteiger partial charge in [-0.15, -0.1) is 0 Å². The minimum Gasteiger partial charge on any atom is -0.506 e. The third kappa shape index (κ3) is 3.24. The highest BCUT2D eigenvalue weighted by Gasteiger charge is 2.24. The molecule has 2 aromatic rings. The van der Waals surface area contributed by atoms with Crippen LogP contribution in [0.5, 0.6) is 17.2 Å². The number of aliphatic hydroxyl groups excluding tert-OH is 1. The van der Waals surface area contributed by atoms with Crippen LogP contribution in [0.15, 0.2) is 54.6 Å². The molecule has 1 atom stereocenters. The standard InChI is InChI=1S/C18H19NO4/c1-12(10-20)9-15(19-14-6-2-3-7-16(14)21)13-5-4-8-17-18(13)23-11-22-17/h2-8,15,19-21H,1,9-11H2/t15-/m0/s1. The van der Waals surface area contributed by atoms with Crippen LogP contribution in [0.2, 0.25) is 0 Å². The molecule has 0 saturated carbocycles. The van der Waals surface area contributed by atoms with Crippen LogP contribution in [0.1, 0.15) is 18.0 Å². The Morgan fingerprint density at radius 1 is 1.17 bits per heavy atom. The predicted molar refractivity (Wildman–Crippen MR) is 87.9 cm³/mol. The normalized spacial score (nSPS) is 13.6. The smallest absolute Gasteiger partial charge is 0.231 e. The van der Waals surface area contributed by atoms with E-state index < -0.39 is 0 Å². The van der Waals surface area contributed by atoms with Crippen molar-refractivity contribution in [3.63, 3.8) is 0 Å². The van der Waals surface area contributed by atoms with Crippen molar-refractivity contribution < 1.29 is 19.7 Å². The molecule has 0 radical (unpaired) electrons. The molecular formula is C18H19NO4. The monoisotopic (exact) mass is 313 g/mol. The lowest BCUT2D eigenvalue weighted by atomic mass is 9.98. The first kappa shape index (κ1) is 15.2. The summed E-state index contributed by atoms with van der Waals surface area (Å²) < 4.78 is 11.0. The summed E-state index contributed by atoms with van der Waals surface area (Å²) in [4.78, 5) is 0. The number of hydrogen-bond acceptors (Lipinski definition) is 5. The molecular weight excluding hydrogens is 294 g/mol. The van der Waals surface area contributed by atoms with Crippen LogP contribution in [0.3, 0.4) is 0 Å². The van der Waals surface area contributed by atoms with Crippen molar-refractivity contribution in [1.29, 1.82) is 0 Å². The van der Waals surface area contributed by atoms with E-state index in [0.29, 0.717) is 29.2 Å². The van der Waals surface area contributed by atoms with Gasteiger partial charge in [0, 0.05) is 5.56 Å². The van der Waals surface area contributed by atoms with Gasteiger partial charge in [-0.05, 0) is 30.2 Å². The number of aromatic hydroxyl groups is 1. The molecule has 5 nitrogen and oxygen atoms in total. The molecule has 1 heterocycles. The van der Waals surface area contributed by atoms with Crippen molar-refractivity contribution in [2.45, 2.75) is 12.5 Å². The topological polar surface area (TPSA) is 71.0 Å². The average molecular weight is 313 g/mol. The molecule has 0 aliphatic carbocycles. The molecule has 0 unspecified atom stereocenters. The van der Waals surface area contributed by atoms with Gasteiger partial charge in [-0.3, -0.25) is 0 Å². The number of anilines is 1. The van der Waals surface area contributed by atoms with Gasteiger partial charge in [0.05, 0.1) is 18.3 Å². The maximum atomic E-state index is 10.0. The minimum atomic E-state index is -0.209. The number of phenols is 1. The number of para-hydroxylation sites is 3. The predicted octanol–water partition coefficient (Wildman–Crippen LogP) is 3.21. The third-order valence-electron chi connectivity index (χ3n) is 3.75. The van der Waals surface area contributed by atoms with Crippen LogP contribution in [-0.4, -0.2) is 23.6 Å². The zero-order valence-electron chi connectivity index (χ0n) is 12.7. The van der Waals surface area contributed by atoms with Crippen LogP contribution in [0.4, 0.5) is 5.69 Å². The van der Waals surface area contributed by atoms with E-state index in [1.54, 1.807) is 18.2 Å². The molecule has 2 aromatic carbocycles. The zero-order chi connectivity index (χ0) is 16.2. The first-order chi connectivity index (χ1) is 11.2. The van der Waals surface area contributed by atoms with Crippen LogP contribution < -0.4 is 14.8 Å². The Labute approximate surface area is 134 Å². The summed E-state index contributed by atoms with van der Waals surface area (Å²) in [7, 11) is 0. The number of hydrogen-bond donors (Lipinski definition) is 3. The molecule has 5 heteroatoms. The van der Waals surface area contributed by atoms with Gasteiger partial charge >= 0.3 is 0 Å². The van der Waals surface area contributed by atoms with Crippen molar-refractivity contribution in [2.75, 3.05) is 18.7 Å². The highest BCUT2D eigenvalue weighted by molar-refractivity contribution is 5.59. The number of nitrogens with one attached hydrogen (secondary N) is 1. The number of fused-ring (bicyclic) bond motifs is 1. The lowest BCUT2D eigenvalue weighted by molar-refractivity contribution is 0.173. The molecule has 0 fully saturated rings. The molecule has 3 rings (SSSR count). The van der Waals surface area contributed by atoms with Crippen LogP contribution in [-0.2, 0) is 0 Å². The maximum Gasteiger partial charge on any atom is 0.231 e. The van der Waals surface area contributed by atoms with Crippen LogP contribution in [0.25, 0.3) is 0 Å². The molecule has 0 bridgehead atoms. The van der Waals surface area contributed by atoms with Gasteiger partial charge in [-0.25, -0.2) is 0 Å². The Bertz CT molecular complexity index is 714. The van der Waals surface area contributed by atoms with Crippen molar-refractivity contribution in [1.82, 2.24) is 0 Å². The maximum absolute atomic E-state index is 10.0. The van der Waals surface area contributed by atoms with Crippen molar-refractivity contribution >= 4 is 5.69 Å². The molecule has 0 amide bonds. The fraction of sp³-hybridized carbons (Fsp3) is 0.222. The lowest BCUT2D eigenvalue weighted by Crippen LogP contribution is -2.13. The fourth-order valence-electron chi connectivity index (χ4n) is 2.60. The Hall–Kier alpha value is -2.66. The Morgan fingerprint density at radius 3 is 2.78 bits per heavy atom. The van der Waals surface area contributed by atoms with Crippen molar-refractivity contribution in [3.8, 4) is 17.2 Å². The first-order valence-corrected chi connectivity index (χ1v) is 7.39. The van der Waals surface area contributed by atoms with Gasteiger partial charge in [0.2, 0.25) is 6.79 Å². The Morgan fingerprint density at radius 2 is 2.00 bits per heavy atom. The van der Waals surface area contributed by atoms with Gasteiger partial charge in [0.15, 0.2) is 11.5 Å². The summed E-state index contributed by atoms with van der Waals surface area (Å²) in [6.07, 6.45) is 0.505. The van der Waals surface area contributed by atoms with E-state index in [9.17, 15) is 10.2 Å². The summed E-state index contributed by atoms with van der Waals surface area (Å²) in [5.41, 5.74) is 2.20. The van der Waals surface area contributed by atoms with Gasteiger partial charge in [-0.1, -0.05) is 30.8 Å². The molecule has 1 aliphatic rings. The Balaban J connectivity index is 1.95. The summed E-state index contributed by atoms with van der Waals surface area (Å²) in [5.74, 6) is 1.55. The summed E-state index contributed by atoms with van der Waals surface area (Å²) in [5, 5.41) is 22.6. The van der Waals surface area contributed by atoms with Crippen LogP contribution in [0, 0.1) is 0 Å². The average Bonchev–Trinajstić information content (AvgIpc) is 3.04. The van der Waals surface area contributed by atoms with Gasteiger partial charge in [0.1, 0.15) is 5.75 Å². The summed E-state index contributed by atoms with van der Waals surface area (Å²) >= 11 is 0. The second-order valence-corrected chi connectivity index (χ2v) is 5.41. The highest BCUT2D eigenvalue weighted by Crippen LogP contribution is 2.41. The van der Waals surface area contributed by atoms with Gasteiger partial charge < -0.3 is 25.0 Å². The second-order valence-electron chi connectivity index (χ2n) is 5.41. The second kappa shape index (κ2) is 6.62. The molecule has 0 aromatic heterocycles. The largest absolute Gasteiger partial charge is 0.506 e. The molecule has 0 spiro atoms. The van der Waals surface area contributed by atoms with E-state index in [2.05, 4.69) is 11.9 Å². The highest BCUT2D eigenvalue weighted by atomic mass is 16.7. The quantitative estimate of drug-likeness (QED) is 0.564. The van der Waals surface area contributed by atoms with Crippen LogP contribution >= 0.6 is 0 Å². The third-order valence-corrected chi connectivity index (χ3v) is 3.75. The SMILES string of the molecule is C=C(CO)C[C@H](Nc1ccccc1O)c1cccc2c1OCO2.